The van der Waals surface area contributed by atoms with Crippen molar-refractivity contribution < 1.29 is 19.4 Å². The van der Waals surface area contributed by atoms with Gasteiger partial charge in [-0.3, -0.25) is 14.2 Å². The fourth-order valence-electron chi connectivity index (χ4n) is 5.60. The highest BCUT2D eigenvalue weighted by molar-refractivity contribution is 5.94. The van der Waals surface area contributed by atoms with Gasteiger partial charge in [0.2, 0.25) is 11.9 Å². The number of nitrogens with one attached hydrogen (secondary N) is 2. The number of rotatable bonds is 8. The maximum atomic E-state index is 13.4. The largest absolute Gasteiger partial charge is 0.478 e. The maximum absolute atomic E-state index is 13.4. The summed E-state index contributed by atoms with van der Waals surface area (Å²) in [5, 5.41) is 16.2. The number of benzene rings is 2. The number of para-hydroxylation sites is 1. The summed E-state index contributed by atoms with van der Waals surface area (Å²) in [5.74, 6) is 0.00589. The van der Waals surface area contributed by atoms with Gasteiger partial charge >= 0.3 is 5.97 Å². The Labute approximate surface area is 214 Å². The number of anilines is 2. The quantitative estimate of drug-likeness (QED) is 0.399. The smallest absolute Gasteiger partial charge is 0.337 e. The Hall–Kier alpha value is -3.92. The zero-order chi connectivity index (χ0) is 26.4. The number of fused-ring (bicyclic) bond motifs is 2. The molecule has 2 aliphatic rings. The number of hydrogen-bond donors (Lipinski definition) is 3. The molecule has 1 amide bonds. The first-order chi connectivity index (χ1) is 17.7. The van der Waals surface area contributed by atoms with Crippen LogP contribution in [0.5, 0.6) is 0 Å². The van der Waals surface area contributed by atoms with E-state index in [9.17, 15) is 19.5 Å². The summed E-state index contributed by atoms with van der Waals surface area (Å²) < 4.78 is 6.52. The van der Waals surface area contributed by atoms with Crippen LogP contribution in [0.1, 0.15) is 34.5 Å². The minimum absolute atomic E-state index is 0.0103. The van der Waals surface area contributed by atoms with E-state index in [0.717, 1.165) is 11.1 Å². The van der Waals surface area contributed by atoms with Gasteiger partial charge in [0, 0.05) is 44.4 Å². The second kappa shape index (κ2) is 9.51. The van der Waals surface area contributed by atoms with E-state index in [-0.39, 0.29) is 47.6 Å². The lowest BCUT2D eigenvalue weighted by Crippen LogP contribution is -2.35. The van der Waals surface area contributed by atoms with Crippen molar-refractivity contribution in [1.29, 1.82) is 0 Å². The lowest BCUT2D eigenvalue weighted by molar-refractivity contribution is -0.124. The van der Waals surface area contributed by atoms with Crippen LogP contribution in [-0.2, 0) is 16.6 Å². The van der Waals surface area contributed by atoms with E-state index in [1.54, 1.807) is 43.0 Å². The summed E-state index contributed by atoms with van der Waals surface area (Å²) >= 11 is 0. The second-order valence-corrected chi connectivity index (χ2v) is 9.98. The summed E-state index contributed by atoms with van der Waals surface area (Å²) in [7, 11) is 3.27. The number of amides is 1. The predicted molar refractivity (Wildman–Crippen MR) is 140 cm³/mol. The van der Waals surface area contributed by atoms with Crippen LogP contribution < -0.4 is 21.1 Å². The number of carbonyl (C=O) groups excluding carboxylic acids is 1. The summed E-state index contributed by atoms with van der Waals surface area (Å²) in [6.07, 6.45) is 0. The van der Waals surface area contributed by atoms with Crippen LogP contribution in [0.3, 0.4) is 0 Å². The highest BCUT2D eigenvalue weighted by Crippen LogP contribution is 2.52. The molecule has 37 heavy (non-hydrogen) atoms. The highest BCUT2D eigenvalue weighted by Gasteiger charge is 2.59. The van der Waals surface area contributed by atoms with Crippen molar-refractivity contribution in [2.75, 3.05) is 37.1 Å². The van der Waals surface area contributed by atoms with Crippen molar-refractivity contribution in [3.63, 3.8) is 0 Å². The van der Waals surface area contributed by atoms with Crippen LogP contribution >= 0.6 is 0 Å². The molecule has 1 saturated heterocycles. The first kappa shape index (κ1) is 24.8. The molecule has 3 aromatic rings. The lowest BCUT2D eigenvalue weighted by Gasteiger charge is -2.25. The van der Waals surface area contributed by atoms with E-state index in [2.05, 4.69) is 15.5 Å². The Balaban J connectivity index is 1.47. The van der Waals surface area contributed by atoms with Crippen molar-refractivity contribution in [2.24, 2.45) is 24.8 Å². The van der Waals surface area contributed by atoms with E-state index in [4.69, 9.17) is 9.72 Å². The first-order valence-electron chi connectivity index (χ1n) is 12.3. The Kier molecular flexibility index (Phi) is 6.36. The van der Waals surface area contributed by atoms with E-state index in [1.165, 1.54) is 0 Å². The summed E-state index contributed by atoms with van der Waals surface area (Å²) in [4.78, 5) is 44.5. The number of methoxy groups -OCH3 is 1. The molecular formula is C27H31N5O5. The molecule has 1 aliphatic carbocycles. The summed E-state index contributed by atoms with van der Waals surface area (Å²) in [5.41, 5.74) is 2.86. The predicted octanol–water partition coefficient (Wildman–Crippen LogP) is 2.52. The standard InChI is InChI=1S/C27H31N5O5/c1-14-9-17(15(2)29-21-8-6-5-7-16(21)26(35)36)23-18(10-14)25(34)31(3)27(30-23)32-11-19-20(12-32)22(19)24(33)28-13-37-4/h5-10,15,19-20,22,29H,11-13H2,1-4H3,(H,28,33)(H,35,36). The highest BCUT2D eigenvalue weighted by atomic mass is 16.5. The van der Waals surface area contributed by atoms with Crippen LogP contribution in [0, 0.1) is 24.7 Å². The number of aromatic carboxylic acids is 1. The van der Waals surface area contributed by atoms with Crippen molar-refractivity contribution in [2.45, 2.75) is 19.9 Å². The zero-order valence-corrected chi connectivity index (χ0v) is 21.3. The minimum Gasteiger partial charge on any atom is -0.478 e. The lowest BCUT2D eigenvalue weighted by atomic mass is 10.0. The molecule has 1 saturated carbocycles. The van der Waals surface area contributed by atoms with Crippen molar-refractivity contribution in [3.8, 4) is 0 Å². The third kappa shape index (κ3) is 4.42. The van der Waals surface area contributed by atoms with Gasteiger partial charge in [-0.15, -0.1) is 0 Å². The molecule has 2 fully saturated rings. The van der Waals surface area contributed by atoms with Gasteiger partial charge in [-0.25, -0.2) is 9.78 Å². The number of nitrogens with zero attached hydrogens (tertiary/aromatic N) is 3. The normalized spacial score (nSPS) is 21.0. The summed E-state index contributed by atoms with van der Waals surface area (Å²) in [6.45, 7) is 5.37. The van der Waals surface area contributed by atoms with Crippen LogP contribution in [0.2, 0.25) is 0 Å². The number of carboxylic acids is 1. The average molecular weight is 506 g/mol. The number of aromatic nitrogens is 2. The minimum atomic E-state index is -1.01. The number of hydrogen-bond acceptors (Lipinski definition) is 7. The molecule has 1 aliphatic heterocycles. The van der Waals surface area contributed by atoms with Gasteiger partial charge in [-0.1, -0.05) is 18.2 Å². The third-order valence-electron chi connectivity index (χ3n) is 7.50. The van der Waals surface area contributed by atoms with E-state index in [1.807, 2.05) is 26.0 Å². The molecule has 0 radical (unpaired) electrons. The number of ether oxygens (including phenoxy) is 1. The fraction of sp³-hybridized carbons (Fsp3) is 0.407. The van der Waals surface area contributed by atoms with E-state index < -0.39 is 5.97 Å². The monoisotopic (exact) mass is 505 g/mol. The molecule has 10 nitrogen and oxygen atoms in total. The topological polar surface area (TPSA) is 126 Å². The van der Waals surface area contributed by atoms with Crippen LogP contribution in [-0.4, -0.2) is 53.5 Å². The van der Waals surface area contributed by atoms with Gasteiger partial charge < -0.3 is 25.4 Å². The SMILES string of the molecule is COCNC(=O)C1C2CN(c3nc4c(C(C)Nc5ccccc5C(=O)O)cc(C)cc4c(=O)n3C)CC21. The van der Waals surface area contributed by atoms with E-state index >= 15 is 0 Å². The molecule has 5 rings (SSSR count). The van der Waals surface area contributed by atoms with Gasteiger partial charge in [-0.2, -0.15) is 0 Å². The molecule has 0 spiro atoms. The fourth-order valence-corrected chi connectivity index (χ4v) is 5.60. The Morgan fingerprint density at radius 1 is 1.22 bits per heavy atom. The first-order valence-corrected chi connectivity index (χ1v) is 12.3. The molecule has 10 heteroatoms. The van der Waals surface area contributed by atoms with Gasteiger partial charge in [0.05, 0.1) is 22.5 Å². The molecule has 2 aromatic carbocycles. The molecule has 0 bridgehead atoms. The maximum Gasteiger partial charge on any atom is 0.337 e. The van der Waals surface area contributed by atoms with Crippen LogP contribution in [0.15, 0.2) is 41.2 Å². The Bertz CT molecular complexity index is 1440. The van der Waals surface area contributed by atoms with E-state index in [0.29, 0.717) is 35.6 Å². The third-order valence-corrected chi connectivity index (χ3v) is 7.50. The molecule has 194 valence electrons. The van der Waals surface area contributed by atoms with Gasteiger partial charge in [0.25, 0.3) is 5.56 Å². The van der Waals surface area contributed by atoms with Crippen molar-refractivity contribution in [1.82, 2.24) is 14.9 Å². The Morgan fingerprint density at radius 3 is 2.59 bits per heavy atom. The number of carboxylic acid groups (broad SMARTS) is 1. The van der Waals surface area contributed by atoms with Crippen LogP contribution in [0.25, 0.3) is 10.9 Å². The number of piperidine rings is 1. The van der Waals surface area contributed by atoms with Gasteiger partial charge in [0.1, 0.15) is 6.73 Å². The average Bonchev–Trinajstić information content (AvgIpc) is 3.38. The molecular weight excluding hydrogens is 474 g/mol. The van der Waals surface area contributed by atoms with Crippen molar-refractivity contribution in [3.05, 3.63) is 63.4 Å². The molecule has 3 atom stereocenters. The molecule has 3 unspecified atom stereocenters. The van der Waals surface area contributed by atoms with Gasteiger partial charge in [0.15, 0.2) is 0 Å². The zero-order valence-electron chi connectivity index (χ0n) is 21.3. The van der Waals surface area contributed by atoms with Crippen molar-refractivity contribution >= 4 is 34.4 Å². The summed E-state index contributed by atoms with van der Waals surface area (Å²) in [6, 6.07) is 10.3. The molecule has 3 N–H and O–H groups in total. The Morgan fingerprint density at radius 2 is 1.92 bits per heavy atom. The molecule has 1 aromatic heterocycles. The number of aryl methyl sites for hydroxylation is 1. The number of carbonyl (C=O) groups is 2. The van der Waals surface area contributed by atoms with Gasteiger partial charge in [-0.05, 0) is 49.4 Å². The van der Waals surface area contributed by atoms with Crippen LogP contribution in [0.4, 0.5) is 11.6 Å². The second-order valence-electron chi connectivity index (χ2n) is 9.98. The molecule has 2 heterocycles.